The van der Waals surface area contributed by atoms with E-state index in [0.29, 0.717) is 40.2 Å². The molecule has 1 saturated heterocycles. The zero-order chi connectivity index (χ0) is 18.8. The Balaban J connectivity index is 1.39. The van der Waals surface area contributed by atoms with Gasteiger partial charge in [0.15, 0.2) is 10.3 Å². The molecule has 138 valence electrons. The summed E-state index contributed by atoms with van der Waals surface area (Å²) in [4.78, 5) is 34.4. The second-order valence-electron chi connectivity index (χ2n) is 6.04. The van der Waals surface area contributed by atoms with Crippen LogP contribution >= 0.6 is 22.7 Å². The minimum absolute atomic E-state index is 0.0769. The monoisotopic (exact) mass is 402 g/mol. The lowest BCUT2D eigenvalue weighted by molar-refractivity contribution is -0.117. The Labute approximate surface area is 162 Å². The predicted octanol–water partition coefficient (Wildman–Crippen LogP) is 3.71. The Hall–Kier alpha value is -2.65. The van der Waals surface area contributed by atoms with Crippen molar-refractivity contribution in [2.24, 2.45) is 0 Å². The van der Waals surface area contributed by atoms with Crippen LogP contribution in [-0.2, 0) is 16.0 Å². The molecule has 2 amide bonds. The molecule has 3 aromatic rings. The van der Waals surface area contributed by atoms with E-state index in [9.17, 15) is 14.0 Å². The van der Waals surface area contributed by atoms with Crippen LogP contribution < -0.4 is 10.2 Å². The molecule has 1 aromatic carbocycles. The average Bonchev–Trinajstić information content (AvgIpc) is 3.36. The van der Waals surface area contributed by atoms with Crippen molar-refractivity contribution in [2.45, 2.75) is 19.3 Å². The number of anilines is 2. The summed E-state index contributed by atoms with van der Waals surface area (Å²) in [5.41, 5.74) is 1.89. The fourth-order valence-electron chi connectivity index (χ4n) is 2.79. The molecule has 0 unspecified atom stereocenters. The number of aromatic nitrogens is 2. The summed E-state index contributed by atoms with van der Waals surface area (Å²) in [7, 11) is 0. The van der Waals surface area contributed by atoms with Gasteiger partial charge >= 0.3 is 0 Å². The number of halogens is 1. The first-order valence-corrected chi connectivity index (χ1v) is 10.1. The van der Waals surface area contributed by atoms with Crippen molar-refractivity contribution in [1.82, 2.24) is 9.97 Å². The molecular weight excluding hydrogens is 387 g/mol. The Morgan fingerprint density at radius 2 is 2.15 bits per heavy atom. The normalized spacial score (nSPS) is 14.0. The van der Waals surface area contributed by atoms with Gasteiger partial charge < -0.3 is 5.32 Å². The highest BCUT2D eigenvalue weighted by molar-refractivity contribution is 7.14. The number of nitrogens with zero attached hydrogens (tertiary/aromatic N) is 3. The zero-order valence-electron chi connectivity index (χ0n) is 14.1. The SMILES string of the molecule is O=C(Cc1csc(N2CCCC2=O)n1)Nc1nc(-c2cccc(F)c2)cs1. The second-order valence-corrected chi connectivity index (χ2v) is 7.74. The van der Waals surface area contributed by atoms with Gasteiger partial charge in [-0.3, -0.25) is 14.5 Å². The molecular formula is C18H15FN4O2S2. The first kappa shape index (κ1) is 17.7. The van der Waals surface area contributed by atoms with E-state index in [2.05, 4.69) is 15.3 Å². The van der Waals surface area contributed by atoms with Crippen LogP contribution in [0, 0.1) is 5.82 Å². The summed E-state index contributed by atoms with van der Waals surface area (Å²) >= 11 is 2.65. The highest BCUT2D eigenvalue weighted by Crippen LogP contribution is 2.27. The Morgan fingerprint density at radius 1 is 1.26 bits per heavy atom. The number of rotatable bonds is 5. The molecule has 0 atom stereocenters. The molecule has 4 rings (SSSR count). The number of hydrogen-bond acceptors (Lipinski definition) is 6. The standard InChI is InChI=1S/C18H15FN4O2S2/c19-12-4-1-3-11(7-12)14-10-26-17(21-14)22-15(24)8-13-9-27-18(20-13)23-6-2-5-16(23)25/h1,3-4,7,9-10H,2,5-6,8H2,(H,21,22,24). The zero-order valence-corrected chi connectivity index (χ0v) is 15.8. The van der Waals surface area contributed by atoms with Gasteiger partial charge in [0, 0.05) is 29.3 Å². The lowest BCUT2D eigenvalue weighted by Gasteiger charge is -2.10. The van der Waals surface area contributed by atoms with E-state index in [4.69, 9.17) is 0 Å². The van der Waals surface area contributed by atoms with Crippen LogP contribution in [0.4, 0.5) is 14.7 Å². The van der Waals surface area contributed by atoms with Crippen molar-refractivity contribution < 1.29 is 14.0 Å². The summed E-state index contributed by atoms with van der Waals surface area (Å²) in [6, 6.07) is 6.15. The molecule has 1 aliphatic heterocycles. The van der Waals surface area contributed by atoms with E-state index in [0.717, 1.165) is 6.42 Å². The molecule has 0 saturated carbocycles. The molecule has 0 radical (unpaired) electrons. The minimum Gasteiger partial charge on any atom is -0.302 e. The van der Waals surface area contributed by atoms with E-state index in [1.807, 2.05) is 0 Å². The molecule has 0 bridgehead atoms. The third kappa shape index (κ3) is 4.04. The van der Waals surface area contributed by atoms with E-state index < -0.39 is 0 Å². The molecule has 0 spiro atoms. The maximum Gasteiger partial charge on any atom is 0.232 e. The third-order valence-electron chi connectivity index (χ3n) is 4.06. The highest BCUT2D eigenvalue weighted by Gasteiger charge is 2.24. The second kappa shape index (κ2) is 7.53. The Kier molecular flexibility index (Phi) is 4.95. The highest BCUT2D eigenvalue weighted by atomic mass is 32.1. The average molecular weight is 402 g/mol. The number of thiazole rings is 2. The van der Waals surface area contributed by atoms with E-state index in [-0.39, 0.29) is 24.1 Å². The topological polar surface area (TPSA) is 75.2 Å². The minimum atomic E-state index is -0.332. The quantitative estimate of drug-likeness (QED) is 0.706. The summed E-state index contributed by atoms with van der Waals surface area (Å²) < 4.78 is 13.3. The van der Waals surface area contributed by atoms with Crippen LogP contribution in [0.3, 0.4) is 0 Å². The van der Waals surface area contributed by atoms with E-state index in [1.54, 1.807) is 27.8 Å². The number of hydrogen-bond donors (Lipinski definition) is 1. The number of amides is 2. The Bertz CT molecular complexity index is 1000. The summed E-state index contributed by atoms with van der Waals surface area (Å²) in [6.07, 6.45) is 1.49. The van der Waals surface area contributed by atoms with Gasteiger partial charge in [0.1, 0.15) is 5.82 Å². The largest absolute Gasteiger partial charge is 0.302 e. The predicted molar refractivity (Wildman–Crippen MR) is 104 cm³/mol. The van der Waals surface area contributed by atoms with Crippen molar-refractivity contribution in [3.05, 3.63) is 46.5 Å². The van der Waals surface area contributed by atoms with Gasteiger partial charge in [0.25, 0.3) is 0 Å². The lowest BCUT2D eigenvalue weighted by Crippen LogP contribution is -2.23. The molecule has 1 N–H and O–H groups in total. The molecule has 1 fully saturated rings. The van der Waals surface area contributed by atoms with Gasteiger partial charge in [-0.05, 0) is 18.6 Å². The number of carbonyl (C=O) groups excluding carboxylic acids is 2. The Morgan fingerprint density at radius 3 is 2.93 bits per heavy atom. The van der Waals surface area contributed by atoms with Crippen molar-refractivity contribution >= 4 is 44.8 Å². The van der Waals surface area contributed by atoms with Gasteiger partial charge in [-0.1, -0.05) is 12.1 Å². The maximum atomic E-state index is 13.3. The number of benzene rings is 1. The number of carbonyl (C=O) groups is 2. The van der Waals surface area contributed by atoms with Gasteiger partial charge in [0.2, 0.25) is 11.8 Å². The fraction of sp³-hybridized carbons (Fsp3) is 0.222. The van der Waals surface area contributed by atoms with Crippen LogP contribution in [0.2, 0.25) is 0 Å². The summed E-state index contributed by atoms with van der Waals surface area (Å²) in [6.45, 7) is 0.681. The molecule has 2 aromatic heterocycles. The molecule has 0 aliphatic carbocycles. The van der Waals surface area contributed by atoms with Gasteiger partial charge in [-0.2, -0.15) is 0 Å². The molecule has 3 heterocycles. The van der Waals surface area contributed by atoms with Crippen LogP contribution in [0.15, 0.2) is 35.0 Å². The third-order valence-corrected chi connectivity index (χ3v) is 5.73. The molecule has 27 heavy (non-hydrogen) atoms. The summed E-state index contributed by atoms with van der Waals surface area (Å²) in [5, 5.41) is 7.39. The van der Waals surface area contributed by atoms with Crippen LogP contribution in [0.5, 0.6) is 0 Å². The molecule has 1 aliphatic rings. The first-order valence-electron chi connectivity index (χ1n) is 8.34. The first-order chi connectivity index (χ1) is 13.1. The maximum absolute atomic E-state index is 13.3. The molecule has 9 heteroatoms. The lowest BCUT2D eigenvalue weighted by atomic mass is 10.2. The fourth-order valence-corrected chi connectivity index (χ4v) is 4.39. The number of nitrogens with one attached hydrogen (secondary N) is 1. The molecule has 6 nitrogen and oxygen atoms in total. The summed E-state index contributed by atoms with van der Waals surface area (Å²) in [5.74, 6) is -0.491. The van der Waals surface area contributed by atoms with Crippen LogP contribution in [0.1, 0.15) is 18.5 Å². The van der Waals surface area contributed by atoms with Gasteiger partial charge in [0.05, 0.1) is 17.8 Å². The van der Waals surface area contributed by atoms with E-state index in [1.165, 1.54) is 34.8 Å². The smallest absolute Gasteiger partial charge is 0.232 e. The van der Waals surface area contributed by atoms with Crippen molar-refractivity contribution in [2.75, 3.05) is 16.8 Å². The van der Waals surface area contributed by atoms with E-state index >= 15 is 0 Å². The van der Waals surface area contributed by atoms with Crippen LogP contribution in [0.25, 0.3) is 11.3 Å². The van der Waals surface area contributed by atoms with Crippen molar-refractivity contribution in [1.29, 1.82) is 0 Å². The van der Waals surface area contributed by atoms with Crippen LogP contribution in [-0.4, -0.2) is 28.3 Å². The van der Waals surface area contributed by atoms with Crippen molar-refractivity contribution in [3.63, 3.8) is 0 Å². The van der Waals surface area contributed by atoms with Gasteiger partial charge in [-0.15, -0.1) is 22.7 Å². The van der Waals surface area contributed by atoms with Gasteiger partial charge in [-0.25, -0.2) is 14.4 Å². The van der Waals surface area contributed by atoms with Crippen molar-refractivity contribution in [3.8, 4) is 11.3 Å².